The number of hydrogen-bond donors (Lipinski definition) is 3. The van der Waals surface area contributed by atoms with Crippen LogP contribution in [0.15, 0.2) is 29.3 Å². The third-order valence-electron chi connectivity index (χ3n) is 4.05. The summed E-state index contributed by atoms with van der Waals surface area (Å²) in [4.78, 5) is 4.50. The molecular formula is C17H27FIN3OS. The minimum Gasteiger partial charge on any atom is -0.387 e. The summed E-state index contributed by atoms with van der Waals surface area (Å²) in [6.07, 6.45) is 1.90. The topological polar surface area (TPSA) is 56.7 Å². The van der Waals surface area contributed by atoms with Gasteiger partial charge >= 0.3 is 0 Å². The van der Waals surface area contributed by atoms with Crippen LogP contribution in [-0.2, 0) is 6.54 Å². The summed E-state index contributed by atoms with van der Waals surface area (Å²) in [7, 11) is 0. The number of aliphatic hydroxyl groups is 1. The van der Waals surface area contributed by atoms with Crippen molar-refractivity contribution in [2.45, 2.75) is 44.1 Å². The quantitative estimate of drug-likeness (QED) is 0.328. The fourth-order valence-corrected chi connectivity index (χ4v) is 3.77. The molecule has 0 aliphatic heterocycles. The molecule has 2 rings (SSSR count). The number of guanidine groups is 1. The summed E-state index contributed by atoms with van der Waals surface area (Å²) in [6.45, 7) is 5.84. The Balaban J connectivity index is 0.00000288. The average molecular weight is 467 g/mol. The van der Waals surface area contributed by atoms with E-state index in [4.69, 9.17) is 0 Å². The van der Waals surface area contributed by atoms with E-state index >= 15 is 0 Å². The van der Waals surface area contributed by atoms with Gasteiger partial charge in [-0.15, -0.1) is 24.0 Å². The number of nitrogens with one attached hydrogen (secondary N) is 2. The van der Waals surface area contributed by atoms with Gasteiger partial charge in [-0.2, -0.15) is 11.8 Å². The number of nitrogens with zero attached hydrogens (tertiary/aromatic N) is 1. The molecule has 1 aliphatic carbocycles. The predicted molar refractivity (Wildman–Crippen MR) is 111 cm³/mol. The summed E-state index contributed by atoms with van der Waals surface area (Å²) in [5.74, 6) is 1.46. The van der Waals surface area contributed by atoms with Crippen molar-refractivity contribution in [1.82, 2.24) is 10.6 Å². The molecule has 4 nitrogen and oxygen atoms in total. The number of thioether (sulfide) groups is 1. The molecule has 2 atom stereocenters. The first-order valence-electron chi connectivity index (χ1n) is 8.18. The molecule has 1 aliphatic rings. The Hall–Kier alpha value is -0.540. The molecular weight excluding hydrogens is 440 g/mol. The lowest BCUT2D eigenvalue weighted by molar-refractivity contribution is -0.0198. The third-order valence-corrected chi connectivity index (χ3v) is 5.46. The van der Waals surface area contributed by atoms with E-state index in [2.05, 4.69) is 22.5 Å². The summed E-state index contributed by atoms with van der Waals surface area (Å²) < 4.78 is 12.9. The predicted octanol–water partition coefficient (Wildman–Crippen LogP) is 3.15. The molecule has 136 valence electrons. The summed E-state index contributed by atoms with van der Waals surface area (Å²) >= 11 is 1.82. The van der Waals surface area contributed by atoms with E-state index in [0.29, 0.717) is 24.3 Å². The van der Waals surface area contributed by atoms with Crippen LogP contribution in [0.5, 0.6) is 0 Å². The highest BCUT2D eigenvalue weighted by molar-refractivity contribution is 14.0. The van der Waals surface area contributed by atoms with Gasteiger partial charge in [0.05, 0.1) is 12.1 Å². The molecule has 24 heavy (non-hydrogen) atoms. The van der Waals surface area contributed by atoms with Gasteiger partial charge in [0.15, 0.2) is 5.96 Å². The van der Waals surface area contributed by atoms with E-state index in [9.17, 15) is 9.50 Å². The van der Waals surface area contributed by atoms with Gasteiger partial charge in [-0.1, -0.05) is 19.1 Å². The minimum atomic E-state index is -0.646. The second-order valence-electron chi connectivity index (χ2n) is 5.76. The minimum absolute atomic E-state index is 0. The fourth-order valence-electron chi connectivity index (χ4n) is 2.58. The number of aliphatic imine (C=N–C) groups is 1. The smallest absolute Gasteiger partial charge is 0.191 e. The Morgan fingerprint density at radius 1 is 1.33 bits per heavy atom. The average Bonchev–Trinajstić information content (AvgIpc) is 2.55. The molecule has 0 bridgehead atoms. The van der Waals surface area contributed by atoms with E-state index in [0.717, 1.165) is 30.7 Å². The highest BCUT2D eigenvalue weighted by Gasteiger charge is 2.45. The van der Waals surface area contributed by atoms with Crippen LogP contribution in [0.1, 0.15) is 32.3 Å². The van der Waals surface area contributed by atoms with Crippen LogP contribution in [0.4, 0.5) is 4.39 Å². The maximum Gasteiger partial charge on any atom is 0.191 e. The summed E-state index contributed by atoms with van der Waals surface area (Å²) in [5, 5.41) is 17.3. The molecule has 1 aromatic carbocycles. The van der Waals surface area contributed by atoms with Gasteiger partial charge in [0.25, 0.3) is 0 Å². The summed E-state index contributed by atoms with van der Waals surface area (Å²) in [6, 6.07) is 6.34. The second-order valence-corrected chi connectivity index (χ2v) is 7.24. The van der Waals surface area contributed by atoms with Crippen molar-refractivity contribution >= 4 is 41.7 Å². The van der Waals surface area contributed by atoms with Crippen molar-refractivity contribution in [3.63, 3.8) is 0 Å². The van der Waals surface area contributed by atoms with Crippen molar-refractivity contribution in [3.8, 4) is 0 Å². The molecule has 3 N–H and O–H groups in total. The number of rotatable bonds is 7. The van der Waals surface area contributed by atoms with Gasteiger partial charge in [-0.3, -0.25) is 0 Å². The molecule has 0 amide bonds. The monoisotopic (exact) mass is 467 g/mol. The third kappa shape index (κ3) is 6.07. The van der Waals surface area contributed by atoms with Crippen LogP contribution in [-0.4, -0.2) is 40.8 Å². The van der Waals surface area contributed by atoms with Crippen molar-refractivity contribution in [1.29, 1.82) is 0 Å². The molecule has 1 fully saturated rings. The lowest BCUT2D eigenvalue weighted by Crippen LogP contribution is -2.58. The Bertz CT molecular complexity index is 529. The van der Waals surface area contributed by atoms with Crippen molar-refractivity contribution in [2.24, 2.45) is 4.99 Å². The maximum absolute atomic E-state index is 12.9. The normalized spacial score (nSPS) is 23.2. The van der Waals surface area contributed by atoms with Crippen molar-refractivity contribution in [2.75, 3.05) is 18.8 Å². The Morgan fingerprint density at radius 3 is 2.58 bits per heavy atom. The Labute approximate surface area is 165 Å². The molecule has 2 unspecified atom stereocenters. The zero-order chi connectivity index (χ0) is 16.7. The first kappa shape index (κ1) is 21.5. The molecule has 7 heteroatoms. The van der Waals surface area contributed by atoms with Gasteiger partial charge in [-0.05, 0) is 43.2 Å². The molecule has 0 radical (unpaired) electrons. The van der Waals surface area contributed by atoms with E-state index in [1.165, 1.54) is 12.1 Å². The van der Waals surface area contributed by atoms with Crippen LogP contribution in [0.3, 0.4) is 0 Å². The van der Waals surface area contributed by atoms with Gasteiger partial charge in [0.2, 0.25) is 0 Å². The van der Waals surface area contributed by atoms with Gasteiger partial charge in [0, 0.05) is 18.3 Å². The van der Waals surface area contributed by atoms with E-state index in [1.807, 2.05) is 18.7 Å². The van der Waals surface area contributed by atoms with Gasteiger partial charge in [0.1, 0.15) is 5.82 Å². The summed E-state index contributed by atoms with van der Waals surface area (Å²) in [5.41, 5.74) is 0.303. The second kappa shape index (κ2) is 10.5. The molecule has 0 saturated heterocycles. The number of halogens is 2. The van der Waals surface area contributed by atoms with Crippen LogP contribution in [0, 0.1) is 5.82 Å². The maximum atomic E-state index is 12.9. The lowest BCUT2D eigenvalue weighted by Gasteiger charge is -2.45. The highest BCUT2D eigenvalue weighted by atomic mass is 127. The molecule has 0 aromatic heterocycles. The lowest BCUT2D eigenvalue weighted by atomic mass is 9.79. The highest BCUT2D eigenvalue weighted by Crippen LogP contribution is 2.40. The van der Waals surface area contributed by atoms with Crippen LogP contribution < -0.4 is 10.6 Å². The molecule has 0 heterocycles. The first-order chi connectivity index (χ1) is 11.1. The SMILES string of the molecule is CCNC(=NCc1ccc(F)cc1)NCC1(O)CCC1SCC.I. The van der Waals surface area contributed by atoms with Crippen molar-refractivity contribution in [3.05, 3.63) is 35.6 Å². The van der Waals surface area contributed by atoms with E-state index < -0.39 is 5.60 Å². The first-order valence-corrected chi connectivity index (χ1v) is 9.23. The zero-order valence-corrected chi connectivity index (χ0v) is 17.4. The van der Waals surface area contributed by atoms with E-state index in [1.54, 1.807) is 12.1 Å². The Kier molecular flexibility index (Phi) is 9.36. The Morgan fingerprint density at radius 2 is 2.04 bits per heavy atom. The largest absolute Gasteiger partial charge is 0.387 e. The van der Waals surface area contributed by atoms with Crippen LogP contribution in [0.2, 0.25) is 0 Å². The number of benzene rings is 1. The molecule has 1 saturated carbocycles. The van der Waals surface area contributed by atoms with Gasteiger partial charge < -0.3 is 15.7 Å². The molecule has 0 spiro atoms. The van der Waals surface area contributed by atoms with Crippen LogP contribution in [0.25, 0.3) is 0 Å². The van der Waals surface area contributed by atoms with E-state index in [-0.39, 0.29) is 29.8 Å². The van der Waals surface area contributed by atoms with Crippen LogP contribution >= 0.6 is 35.7 Å². The molecule has 1 aromatic rings. The van der Waals surface area contributed by atoms with Crippen molar-refractivity contribution < 1.29 is 9.50 Å². The number of hydrogen-bond acceptors (Lipinski definition) is 3. The van der Waals surface area contributed by atoms with Gasteiger partial charge in [-0.25, -0.2) is 9.38 Å². The zero-order valence-electron chi connectivity index (χ0n) is 14.2. The fraction of sp³-hybridized carbons (Fsp3) is 0.588. The standard InChI is InChI=1S/C17H26FN3OS.HI/c1-3-19-16(20-11-13-5-7-14(18)8-6-13)21-12-17(22)10-9-15(17)23-4-2;/h5-8,15,22H,3-4,9-12H2,1-2H3,(H2,19,20,21);1H.